The molecule has 0 fully saturated rings. The average molecular weight is 398 g/mol. The lowest BCUT2D eigenvalue weighted by atomic mass is 10.3. The second-order valence-electron chi connectivity index (χ2n) is 3.72. The van der Waals surface area contributed by atoms with Crippen LogP contribution in [0, 0.1) is 0 Å². The van der Waals surface area contributed by atoms with Crippen LogP contribution < -0.4 is 4.72 Å². The summed E-state index contributed by atoms with van der Waals surface area (Å²) >= 11 is 14.5. The molecule has 9 heteroatoms. The Bertz CT molecular complexity index is 768. The summed E-state index contributed by atoms with van der Waals surface area (Å²) in [5.74, 6) is -0.220. The Morgan fingerprint density at radius 2 is 1.95 bits per heavy atom. The Kier molecular flexibility index (Phi) is 4.43. The van der Waals surface area contributed by atoms with Crippen LogP contribution in [0.2, 0.25) is 10.2 Å². The molecule has 0 amide bonds. The molecule has 2 N–H and O–H groups in total. The van der Waals surface area contributed by atoms with E-state index in [1.54, 1.807) is 0 Å². The van der Waals surface area contributed by atoms with Crippen molar-refractivity contribution >= 4 is 54.8 Å². The number of nitrogens with one attached hydrogen (secondary N) is 1. The van der Waals surface area contributed by atoms with Crippen LogP contribution in [0.4, 0.5) is 5.69 Å². The van der Waals surface area contributed by atoms with Gasteiger partial charge in [0.1, 0.15) is 15.8 Å². The lowest BCUT2D eigenvalue weighted by Gasteiger charge is -2.09. The maximum atomic E-state index is 12.1. The van der Waals surface area contributed by atoms with E-state index in [1.807, 2.05) is 0 Å². The number of rotatable bonds is 3. The van der Waals surface area contributed by atoms with Crippen molar-refractivity contribution in [1.82, 2.24) is 4.98 Å². The molecule has 5 nitrogen and oxygen atoms in total. The van der Waals surface area contributed by atoms with Gasteiger partial charge in [-0.2, -0.15) is 0 Å². The molecule has 1 heterocycles. The number of benzene rings is 1. The molecule has 1 aromatic heterocycles. The van der Waals surface area contributed by atoms with Gasteiger partial charge in [0.05, 0.1) is 15.2 Å². The lowest BCUT2D eigenvalue weighted by molar-refractivity contribution is 0.476. The van der Waals surface area contributed by atoms with Crippen LogP contribution in [0.25, 0.3) is 0 Å². The van der Waals surface area contributed by atoms with E-state index in [4.69, 9.17) is 23.2 Å². The van der Waals surface area contributed by atoms with Gasteiger partial charge in [-0.15, -0.1) is 0 Å². The molecule has 0 saturated heterocycles. The van der Waals surface area contributed by atoms with Crippen molar-refractivity contribution in [2.45, 2.75) is 4.90 Å². The Labute approximate surface area is 133 Å². The highest BCUT2D eigenvalue weighted by Crippen LogP contribution is 2.28. The third kappa shape index (κ3) is 3.35. The van der Waals surface area contributed by atoms with E-state index in [0.29, 0.717) is 4.47 Å². The zero-order valence-electron chi connectivity index (χ0n) is 9.64. The van der Waals surface area contributed by atoms with Crippen molar-refractivity contribution in [3.05, 3.63) is 45.1 Å². The molecular weight excluding hydrogens is 391 g/mol. The van der Waals surface area contributed by atoms with E-state index in [-0.39, 0.29) is 26.5 Å². The highest BCUT2D eigenvalue weighted by atomic mass is 79.9. The predicted molar refractivity (Wildman–Crippen MR) is 80.9 cm³/mol. The van der Waals surface area contributed by atoms with E-state index < -0.39 is 10.0 Å². The Balaban J connectivity index is 2.35. The first-order valence-electron chi connectivity index (χ1n) is 5.12. The van der Waals surface area contributed by atoms with Crippen molar-refractivity contribution < 1.29 is 13.5 Å². The number of halogens is 3. The minimum atomic E-state index is -3.84. The number of aromatic nitrogens is 1. The third-order valence-electron chi connectivity index (χ3n) is 2.28. The molecular formula is C11H7BrCl2N2O3S. The lowest BCUT2D eigenvalue weighted by Crippen LogP contribution is -2.13. The predicted octanol–water partition coefficient (Wildman–Crippen LogP) is 3.66. The topological polar surface area (TPSA) is 79.3 Å². The fourth-order valence-electron chi connectivity index (χ4n) is 1.34. The molecule has 1 aromatic carbocycles. The number of nitrogens with zero attached hydrogens (tertiary/aromatic N) is 1. The number of aromatic hydroxyl groups is 1. The Morgan fingerprint density at radius 3 is 2.55 bits per heavy atom. The van der Waals surface area contributed by atoms with E-state index in [2.05, 4.69) is 25.6 Å². The molecule has 0 aliphatic rings. The fourth-order valence-corrected chi connectivity index (χ4v) is 3.08. The number of hydrogen-bond donors (Lipinski definition) is 2. The van der Waals surface area contributed by atoms with E-state index in [9.17, 15) is 13.5 Å². The van der Waals surface area contributed by atoms with Crippen molar-refractivity contribution in [3.63, 3.8) is 0 Å². The summed E-state index contributed by atoms with van der Waals surface area (Å²) < 4.78 is 26.9. The van der Waals surface area contributed by atoms with Crippen LogP contribution in [0.3, 0.4) is 0 Å². The molecule has 20 heavy (non-hydrogen) atoms. The molecule has 0 unspecified atom stereocenters. The third-order valence-corrected chi connectivity index (χ3v) is 5.08. The molecule has 0 atom stereocenters. The van der Waals surface area contributed by atoms with Gasteiger partial charge in [0.2, 0.25) is 0 Å². The SMILES string of the molecule is O=S(=O)(Nc1ccc(Cl)c(O)c1)c1cnc(Cl)c(Br)c1. The first kappa shape index (κ1) is 15.4. The number of anilines is 1. The van der Waals surface area contributed by atoms with E-state index in [1.165, 1.54) is 24.3 Å². The van der Waals surface area contributed by atoms with Gasteiger partial charge in [-0.05, 0) is 34.1 Å². The minimum absolute atomic E-state index is 0.0665. The second kappa shape index (κ2) is 5.77. The summed E-state index contributed by atoms with van der Waals surface area (Å²) in [5, 5.41) is 9.73. The Morgan fingerprint density at radius 1 is 1.25 bits per heavy atom. The molecule has 0 aliphatic carbocycles. The van der Waals surface area contributed by atoms with E-state index >= 15 is 0 Å². The monoisotopic (exact) mass is 396 g/mol. The number of phenols is 1. The summed E-state index contributed by atoms with van der Waals surface area (Å²) in [4.78, 5) is 3.68. The van der Waals surface area contributed by atoms with E-state index in [0.717, 1.165) is 6.20 Å². The minimum Gasteiger partial charge on any atom is -0.506 e. The smallest absolute Gasteiger partial charge is 0.263 e. The van der Waals surface area contributed by atoms with Gasteiger partial charge in [0.15, 0.2) is 0 Å². The fraction of sp³-hybridized carbons (Fsp3) is 0. The molecule has 0 spiro atoms. The summed E-state index contributed by atoms with van der Waals surface area (Å²) in [7, 11) is -3.84. The molecule has 0 bridgehead atoms. The highest BCUT2D eigenvalue weighted by molar-refractivity contribution is 9.10. The molecule has 0 saturated carbocycles. The first-order chi connectivity index (χ1) is 9.29. The van der Waals surface area contributed by atoms with Crippen molar-refractivity contribution in [3.8, 4) is 5.75 Å². The maximum absolute atomic E-state index is 12.1. The molecule has 0 radical (unpaired) electrons. The van der Waals surface area contributed by atoms with Crippen LogP contribution >= 0.6 is 39.1 Å². The summed E-state index contributed by atoms with van der Waals surface area (Å²) in [5.41, 5.74) is 0.179. The van der Waals surface area contributed by atoms with Crippen LogP contribution in [-0.2, 0) is 10.0 Å². The van der Waals surface area contributed by atoms with Crippen LogP contribution in [0.15, 0.2) is 39.8 Å². The standard InChI is InChI=1S/C11H7BrCl2N2O3S/c12-8-4-7(5-15-11(8)14)20(18,19)16-6-1-2-9(13)10(17)3-6/h1-5,16-17H. The van der Waals surface area contributed by atoms with Gasteiger partial charge in [-0.25, -0.2) is 13.4 Å². The van der Waals surface area contributed by atoms with Gasteiger partial charge in [0.25, 0.3) is 10.0 Å². The van der Waals surface area contributed by atoms with Crippen molar-refractivity contribution in [2.75, 3.05) is 4.72 Å². The second-order valence-corrected chi connectivity index (χ2v) is 7.02. The molecule has 106 valence electrons. The number of phenolic OH excluding ortho intramolecular Hbond substituents is 1. The van der Waals surface area contributed by atoms with Gasteiger partial charge in [0, 0.05) is 12.3 Å². The van der Waals surface area contributed by atoms with Crippen LogP contribution in [0.1, 0.15) is 0 Å². The maximum Gasteiger partial charge on any atom is 0.263 e. The zero-order chi connectivity index (χ0) is 14.9. The van der Waals surface area contributed by atoms with Crippen LogP contribution in [0.5, 0.6) is 5.75 Å². The molecule has 2 rings (SSSR count). The number of pyridine rings is 1. The van der Waals surface area contributed by atoms with Gasteiger partial charge < -0.3 is 5.11 Å². The Hall–Kier alpha value is -1.02. The summed E-state index contributed by atoms with van der Waals surface area (Å²) in [6.07, 6.45) is 1.13. The quantitative estimate of drug-likeness (QED) is 0.774. The van der Waals surface area contributed by atoms with Gasteiger partial charge in [-0.3, -0.25) is 4.72 Å². The normalized spacial score (nSPS) is 11.3. The zero-order valence-corrected chi connectivity index (χ0v) is 13.6. The molecule has 0 aliphatic heterocycles. The van der Waals surface area contributed by atoms with Crippen molar-refractivity contribution in [1.29, 1.82) is 0 Å². The van der Waals surface area contributed by atoms with Gasteiger partial charge >= 0.3 is 0 Å². The van der Waals surface area contributed by atoms with Gasteiger partial charge in [-0.1, -0.05) is 23.2 Å². The average Bonchev–Trinajstić information content (AvgIpc) is 2.37. The highest BCUT2D eigenvalue weighted by Gasteiger charge is 2.17. The number of hydrogen-bond acceptors (Lipinski definition) is 4. The van der Waals surface area contributed by atoms with Crippen LogP contribution in [-0.4, -0.2) is 18.5 Å². The number of sulfonamides is 1. The van der Waals surface area contributed by atoms with Crippen molar-refractivity contribution in [2.24, 2.45) is 0 Å². The first-order valence-corrected chi connectivity index (χ1v) is 8.15. The summed E-state index contributed by atoms with van der Waals surface area (Å²) in [6.45, 7) is 0. The largest absolute Gasteiger partial charge is 0.506 e. The molecule has 2 aromatic rings. The summed E-state index contributed by atoms with van der Waals surface area (Å²) in [6, 6.07) is 5.34.